The molecule has 0 amide bonds. The van der Waals surface area contributed by atoms with Crippen LogP contribution in [0.4, 0.5) is 4.39 Å². The van der Waals surface area contributed by atoms with E-state index in [2.05, 4.69) is 0 Å². The van der Waals surface area contributed by atoms with Crippen LogP contribution in [0.5, 0.6) is 0 Å². The molecule has 0 aliphatic carbocycles. The van der Waals surface area contributed by atoms with Crippen molar-refractivity contribution in [1.82, 2.24) is 0 Å². The van der Waals surface area contributed by atoms with Crippen LogP contribution in [0.25, 0.3) is 11.1 Å². The van der Waals surface area contributed by atoms with Crippen LogP contribution in [-0.2, 0) is 9.84 Å². The summed E-state index contributed by atoms with van der Waals surface area (Å²) < 4.78 is 35.6. The Morgan fingerprint density at radius 3 is 2.12 bits per heavy atom. The van der Waals surface area contributed by atoms with E-state index in [0.29, 0.717) is 0 Å². The van der Waals surface area contributed by atoms with Crippen LogP contribution < -0.4 is 0 Å². The van der Waals surface area contributed by atoms with Crippen LogP contribution in [0, 0.1) is 5.82 Å². The molecule has 88 valence electrons. The van der Waals surface area contributed by atoms with E-state index in [4.69, 9.17) is 0 Å². The number of benzene rings is 2. The monoisotopic (exact) mass is 250 g/mol. The summed E-state index contributed by atoms with van der Waals surface area (Å²) in [5.74, 6) is -0.310. The minimum Gasteiger partial charge on any atom is -0.224 e. The largest absolute Gasteiger partial charge is 0.224 e. The van der Waals surface area contributed by atoms with Gasteiger partial charge >= 0.3 is 0 Å². The zero-order valence-electron chi connectivity index (χ0n) is 9.22. The molecule has 0 fully saturated rings. The summed E-state index contributed by atoms with van der Waals surface area (Å²) in [6, 6.07) is 12.6. The van der Waals surface area contributed by atoms with Crippen LogP contribution in [-0.4, -0.2) is 14.7 Å². The second-order valence-corrected chi connectivity index (χ2v) is 5.82. The third kappa shape index (κ3) is 2.71. The summed E-state index contributed by atoms with van der Waals surface area (Å²) in [5, 5.41) is 0. The molecule has 0 N–H and O–H groups in total. The first-order chi connectivity index (χ1) is 7.97. The Labute approximate surface area is 99.6 Å². The van der Waals surface area contributed by atoms with Crippen molar-refractivity contribution in [2.75, 3.05) is 6.26 Å². The zero-order valence-corrected chi connectivity index (χ0v) is 10.0. The summed E-state index contributed by atoms with van der Waals surface area (Å²) in [4.78, 5) is 0.262. The van der Waals surface area contributed by atoms with Gasteiger partial charge in [0.2, 0.25) is 0 Å². The van der Waals surface area contributed by atoms with Gasteiger partial charge in [0.1, 0.15) is 5.82 Å². The van der Waals surface area contributed by atoms with Crippen LogP contribution in [0.3, 0.4) is 0 Å². The highest BCUT2D eigenvalue weighted by Crippen LogP contribution is 2.21. The van der Waals surface area contributed by atoms with Gasteiger partial charge in [0, 0.05) is 6.26 Å². The van der Waals surface area contributed by atoms with Gasteiger partial charge < -0.3 is 0 Å². The van der Waals surface area contributed by atoms with Crippen molar-refractivity contribution >= 4 is 9.84 Å². The Hall–Kier alpha value is -1.68. The third-order valence-corrected chi connectivity index (χ3v) is 3.57. The fourth-order valence-corrected chi connectivity index (χ4v) is 2.19. The SMILES string of the molecule is CS(=O)(=O)c1ccc(-c2cccc(F)c2)cc1. The molecule has 0 atom stereocenters. The van der Waals surface area contributed by atoms with Crippen molar-refractivity contribution in [3.63, 3.8) is 0 Å². The fraction of sp³-hybridized carbons (Fsp3) is 0.0769. The van der Waals surface area contributed by atoms with Gasteiger partial charge in [-0.3, -0.25) is 0 Å². The predicted molar refractivity (Wildman–Crippen MR) is 64.9 cm³/mol. The maximum atomic E-state index is 13.0. The maximum absolute atomic E-state index is 13.0. The summed E-state index contributed by atoms with van der Waals surface area (Å²) in [6.07, 6.45) is 1.16. The average Bonchev–Trinajstić information content (AvgIpc) is 2.28. The molecule has 2 aromatic rings. The minimum absolute atomic E-state index is 0.262. The number of hydrogen-bond acceptors (Lipinski definition) is 2. The van der Waals surface area contributed by atoms with Gasteiger partial charge in [0.05, 0.1) is 4.90 Å². The molecule has 0 bridgehead atoms. The zero-order chi connectivity index (χ0) is 12.5. The van der Waals surface area contributed by atoms with Crippen molar-refractivity contribution in [1.29, 1.82) is 0 Å². The smallest absolute Gasteiger partial charge is 0.175 e. The first-order valence-electron chi connectivity index (χ1n) is 5.03. The van der Waals surface area contributed by atoms with Gasteiger partial charge in [0.25, 0.3) is 0 Å². The molecule has 4 heteroatoms. The number of sulfone groups is 1. The molecule has 0 spiro atoms. The minimum atomic E-state index is -3.18. The predicted octanol–water partition coefficient (Wildman–Crippen LogP) is 2.90. The Morgan fingerprint density at radius 1 is 0.941 bits per heavy atom. The normalized spacial score (nSPS) is 11.4. The van der Waals surface area contributed by atoms with E-state index >= 15 is 0 Å². The van der Waals surface area contributed by atoms with Crippen LogP contribution in [0.1, 0.15) is 0 Å². The Bertz CT molecular complexity index is 631. The molecule has 0 heterocycles. The average molecular weight is 250 g/mol. The van der Waals surface area contributed by atoms with Crippen LogP contribution >= 0.6 is 0 Å². The molecule has 0 radical (unpaired) electrons. The van der Waals surface area contributed by atoms with Crippen LogP contribution in [0.2, 0.25) is 0 Å². The molecule has 0 aromatic heterocycles. The molecule has 2 rings (SSSR count). The number of halogens is 1. The van der Waals surface area contributed by atoms with E-state index in [1.807, 2.05) is 0 Å². The van der Waals surface area contributed by atoms with Crippen LogP contribution in [0.15, 0.2) is 53.4 Å². The van der Waals surface area contributed by atoms with Gasteiger partial charge in [0.15, 0.2) is 9.84 Å². The maximum Gasteiger partial charge on any atom is 0.175 e. The van der Waals surface area contributed by atoms with E-state index in [1.54, 1.807) is 24.3 Å². The molecule has 0 aliphatic heterocycles. The van der Waals surface area contributed by atoms with E-state index < -0.39 is 9.84 Å². The first-order valence-corrected chi connectivity index (χ1v) is 6.92. The quantitative estimate of drug-likeness (QED) is 0.821. The van der Waals surface area contributed by atoms with E-state index in [-0.39, 0.29) is 10.7 Å². The number of hydrogen-bond donors (Lipinski definition) is 0. The van der Waals surface area contributed by atoms with Gasteiger partial charge in [-0.15, -0.1) is 0 Å². The third-order valence-electron chi connectivity index (χ3n) is 2.44. The van der Waals surface area contributed by atoms with Gasteiger partial charge in [-0.05, 0) is 35.4 Å². The molecular weight excluding hydrogens is 239 g/mol. The lowest BCUT2D eigenvalue weighted by molar-refractivity contribution is 0.602. The Morgan fingerprint density at radius 2 is 1.59 bits per heavy atom. The van der Waals surface area contributed by atoms with E-state index in [0.717, 1.165) is 17.4 Å². The second-order valence-electron chi connectivity index (χ2n) is 3.81. The molecule has 2 nitrogen and oxygen atoms in total. The lowest BCUT2D eigenvalue weighted by atomic mass is 10.1. The Kier molecular flexibility index (Phi) is 2.98. The molecule has 0 aliphatic rings. The van der Waals surface area contributed by atoms with E-state index in [1.165, 1.54) is 24.3 Å². The van der Waals surface area contributed by atoms with Gasteiger partial charge in [-0.1, -0.05) is 24.3 Å². The molecular formula is C13H11FO2S. The topological polar surface area (TPSA) is 34.1 Å². The molecule has 0 unspecified atom stereocenters. The summed E-state index contributed by atoms with van der Waals surface area (Å²) in [7, 11) is -3.18. The Balaban J connectivity index is 2.43. The summed E-state index contributed by atoms with van der Waals surface area (Å²) in [6.45, 7) is 0. The summed E-state index contributed by atoms with van der Waals surface area (Å²) in [5.41, 5.74) is 1.52. The molecule has 2 aromatic carbocycles. The highest BCUT2D eigenvalue weighted by Gasteiger charge is 2.06. The lowest BCUT2D eigenvalue weighted by Gasteiger charge is -2.03. The van der Waals surface area contributed by atoms with Crippen molar-refractivity contribution in [3.8, 4) is 11.1 Å². The standard InChI is InChI=1S/C13H11FO2S/c1-17(15,16)13-7-5-10(6-8-13)11-3-2-4-12(14)9-11/h2-9H,1H3. The lowest BCUT2D eigenvalue weighted by Crippen LogP contribution is -1.96. The molecule has 0 saturated heterocycles. The van der Waals surface area contributed by atoms with E-state index in [9.17, 15) is 12.8 Å². The van der Waals surface area contributed by atoms with Crippen molar-refractivity contribution in [2.45, 2.75) is 4.90 Å². The highest BCUT2D eigenvalue weighted by molar-refractivity contribution is 7.90. The van der Waals surface area contributed by atoms with Gasteiger partial charge in [-0.2, -0.15) is 0 Å². The fourth-order valence-electron chi connectivity index (χ4n) is 1.56. The number of rotatable bonds is 2. The first kappa shape index (κ1) is 11.8. The van der Waals surface area contributed by atoms with Crippen molar-refractivity contribution in [3.05, 3.63) is 54.3 Å². The second kappa shape index (κ2) is 4.30. The molecule has 0 saturated carbocycles. The van der Waals surface area contributed by atoms with Gasteiger partial charge in [-0.25, -0.2) is 12.8 Å². The van der Waals surface area contributed by atoms with Crippen molar-refractivity contribution < 1.29 is 12.8 Å². The highest BCUT2D eigenvalue weighted by atomic mass is 32.2. The summed E-state index contributed by atoms with van der Waals surface area (Å²) >= 11 is 0. The molecule has 17 heavy (non-hydrogen) atoms. The van der Waals surface area contributed by atoms with Crippen molar-refractivity contribution in [2.24, 2.45) is 0 Å².